The van der Waals surface area contributed by atoms with Crippen LogP contribution in [0.1, 0.15) is 34.3 Å². The maximum absolute atomic E-state index is 13.3. The summed E-state index contributed by atoms with van der Waals surface area (Å²) in [5.74, 6) is -0.583. The van der Waals surface area contributed by atoms with Crippen molar-refractivity contribution in [2.45, 2.75) is 32.4 Å². The van der Waals surface area contributed by atoms with Gasteiger partial charge in [-0.05, 0) is 49.6 Å². The third-order valence-electron chi connectivity index (χ3n) is 5.07. The molecule has 1 aliphatic rings. The van der Waals surface area contributed by atoms with Crippen molar-refractivity contribution in [3.05, 3.63) is 65.2 Å². The van der Waals surface area contributed by atoms with E-state index in [0.717, 1.165) is 29.7 Å². The van der Waals surface area contributed by atoms with Crippen LogP contribution in [0.3, 0.4) is 0 Å². The van der Waals surface area contributed by atoms with Crippen molar-refractivity contribution in [3.8, 4) is 0 Å². The monoisotopic (exact) mass is 383 g/mol. The Kier molecular flexibility index (Phi) is 6.28. The van der Waals surface area contributed by atoms with Gasteiger partial charge in [-0.2, -0.15) is 0 Å². The number of anilines is 1. The molecular weight excluding hydrogens is 358 g/mol. The molecule has 0 aliphatic carbocycles. The minimum Gasteiger partial charge on any atom is -0.394 e. The number of hydrogen-bond donors (Lipinski definition) is 3. The molecule has 1 fully saturated rings. The van der Waals surface area contributed by atoms with Gasteiger partial charge in [0, 0.05) is 17.8 Å². The molecule has 1 aliphatic heterocycles. The minimum atomic E-state index is -0.583. The number of carbonyl (C=O) groups excluding carboxylic acids is 2. The summed E-state index contributed by atoms with van der Waals surface area (Å²) in [6.07, 6.45) is 1.68. The highest BCUT2D eigenvalue weighted by atomic mass is 16.5. The quantitative estimate of drug-likeness (QED) is 0.547. The lowest BCUT2D eigenvalue weighted by Crippen LogP contribution is -2.46. The number of urea groups is 1. The fourth-order valence-electron chi connectivity index (χ4n) is 3.44. The molecule has 1 saturated heterocycles. The predicted molar refractivity (Wildman–Crippen MR) is 105 cm³/mol. The standard InChI is InChI=1S/C21H25N3O4/c1-15-4-10-18(11-5-15)24(21(27)23-12-2-3-19(23)14-25)13-16-6-8-17(9-7-16)20(26)22-28/h4-11,19,25,28H,2-3,12-14H2,1H3,(H,22,26)/t19-/m1/s1. The van der Waals surface area contributed by atoms with Gasteiger partial charge in [-0.15, -0.1) is 0 Å². The van der Waals surface area contributed by atoms with E-state index in [9.17, 15) is 14.7 Å². The van der Waals surface area contributed by atoms with Gasteiger partial charge in [0.05, 0.1) is 19.2 Å². The summed E-state index contributed by atoms with van der Waals surface area (Å²) in [5, 5.41) is 18.3. The van der Waals surface area contributed by atoms with E-state index in [2.05, 4.69) is 0 Å². The van der Waals surface area contributed by atoms with Crippen molar-refractivity contribution in [3.63, 3.8) is 0 Å². The summed E-state index contributed by atoms with van der Waals surface area (Å²) in [5.41, 5.74) is 4.66. The Morgan fingerprint density at radius 2 is 1.82 bits per heavy atom. The van der Waals surface area contributed by atoms with E-state index in [1.54, 1.807) is 39.5 Å². The second kappa shape index (κ2) is 8.86. The van der Waals surface area contributed by atoms with Crippen LogP contribution < -0.4 is 10.4 Å². The molecule has 0 bridgehead atoms. The first-order valence-corrected chi connectivity index (χ1v) is 9.32. The molecule has 3 rings (SSSR count). The Morgan fingerprint density at radius 1 is 1.14 bits per heavy atom. The minimum absolute atomic E-state index is 0.0432. The number of hydrogen-bond acceptors (Lipinski definition) is 4. The second-order valence-electron chi connectivity index (χ2n) is 7.01. The fraction of sp³-hybridized carbons (Fsp3) is 0.333. The van der Waals surface area contributed by atoms with E-state index >= 15 is 0 Å². The summed E-state index contributed by atoms with van der Waals surface area (Å²) < 4.78 is 0. The number of aliphatic hydroxyl groups excluding tert-OH is 1. The second-order valence-corrected chi connectivity index (χ2v) is 7.01. The molecule has 0 unspecified atom stereocenters. The van der Waals surface area contributed by atoms with Crippen LogP contribution in [0.15, 0.2) is 48.5 Å². The maximum atomic E-state index is 13.3. The third kappa shape index (κ3) is 4.32. The van der Waals surface area contributed by atoms with Gasteiger partial charge in [0.2, 0.25) is 0 Å². The zero-order valence-corrected chi connectivity index (χ0v) is 15.8. The van der Waals surface area contributed by atoms with Crippen molar-refractivity contribution >= 4 is 17.6 Å². The van der Waals surface area contributed by atoms with Crippen LogP contribution in [0.5, 0.6) is 0 Å². The van der Waals surface area contributed by atoms with Crippen molar-refractivity contribution in [1.29, 1.82) is 0 Å². The Labute approximate surface area is 164 Å². The lowest BCUT2D eigenvalue weighted by molar-refractivity contribution is 0.0706. The van der Waals surface area contributed by atoms with E-state index in [4.69, 9.17) is 5.21 Å². The summed E-state index contributed by atoms with van der Waals surface area (Å²) in [6.45, 7) is 2.90. The van der Waals surface area contributed by atoms with Gasteiger partial charge in [0.15, 0.2) is 0 Å². The van der Waals surface area contributed by atoms with Gasteiger partial charge in [-0.1, -0.05) is 29.8 Å². The molecule has 0 spiro atoms. The molecule has 3 N–H and O–H groups in total. The first-order chi connectivity index (χ1) is 13.5. The van der Waals surface area contributed by atoms with Crippen LogP contribution in [0, 0.1) is 6.92 Å². The molecule has 7 heteroatoms. The maximum Gasteiger partial charge on any atom is 0.325 e. The molecule has 0 aromatic heterocycles. The predicted octanol–water partition coefficient (Wildman–Crippen LogP) is 2.70. The van der Waals surface area contributed by atoms with Crippen molar-refractivity contribution in [1.82, 2.24) is 10.4 Å². The summed E-state index contributed by atoms with van der Waals surface area (Å²) in [6, 6.07) is 14.1. The zero-order valence-electron chi connectivity index (χ0n) is 15.8. The number of carbonyl (C=O) groups is 2. The number of amides is 3. The molecule has 0 saturated carbocycles. The summed E-state index contributed by atoms with van der Waals surface area (Å²) in [7, 11) is 0. The normalized spacial score (nSPS) is 16.1. The molecule has 0 radical (unpaired) electrons. The van der Waals surface area contributed by atoms with Crippen molar-refractivity contribution in [2.24, 2.45) is 0 Å². The number of benzene rings is 2. The van der Waals surface area contributed by atoms with Crippen LogP contribution in [-0.4, -0.2) is 46.3 Å². The van der Waals surface area contributed by atoms with E-state index in [0.29, 0.717) is 18.7 Å². The van der Waals surface area contributed by atoms with E-state index in [-0.39, 0.29) is 18.7 Å². The van der Waals surface area contributed by atoms with Gasteiger partial charge in [0.25, 0.3) is 5.91 Å². The van der Waals surface area contributed by atoms with Crippen LogP contribution in [-0.2, 0) is 6.54 Å². The van der Waals surface area contributed by atoms with Crippen molar-refractivity contribution < 1.29 is 19.9 Å². The molecule has 1 heterocycles. The molecule has 7 nitrogen and oxygen atoms in total. The Bertz CT molecular complexity index is 821. The molecule has 3 amide bonds. The van der Waals surface area contributed by atoms with Crippen LogP contribution in [0.25, 0.3) is 0 Å². The lowest BCUT2D eigenvalue weighted by atomic mass is 10.1. The smallest absolute Gasteiger partial charge is 0.325 e. The Hall–Kier alpha value is -2.90. The number of hydroxylamine groups is 1. The van der Waals surface area contributed by atoms with Gasteiger partial charge < -0.3 is 10.0 Å². The van der Waals surface area contributed by atoms with Gasteiger partial charge >= 0.3 is 6.03 Å². The van der Waals surface area contributed by atoms with Crippen molar-refractivity contribution in [2.75, 3.05) is 18.1 Å². The highest BCUT2D eigenvalue weighted by Crippen LogP contribution is 2.25. The topological polar surface area (TPSA) is 93.1 Å². The van der Waals surface area contributed by atoms with Gasteiger partial charge in [0.1, 0.15) is 0 Å². The third-order valence-corrected chi connectivity index (χ3v) is 5.07. The average Bonchev–Trinajstić information content (AvgIpc) is 3.21. The number of rotatable bonds is 5. The zero-order chi connectivity index (χ0) is 20.1. The number of nitrogens with one attached hydrogen (secondary N) is 1. The first kappa shape index (κ1) is 19.9. The van der Waals surface area contributed by atoms with Gasteiger partial charge in [-0.25, -0.2) is 10.3 Å². The number of likely N-dealkylation sites (tertiary alicyclic amines) is 1. The number of aryl methyl sites for hydroxylation is 1. The van der Waals surface area contributed by atoms with Crippen LogP contribution >= 0.6 is 0 Å². The average molecular weight is 383 g/mol. The van der Waals surface area contributed by atoms with Crippen LogP contribution in [0.4, 0.5) is 10.5 Å². The summed E-state index contributed by atoms with van der Waals surface area (Å²) in [4.78, 5) is 28.2. The Morgan fingerprint density at radius 3 is 2.43 bits per heavy atom. The summed E-state index contributed by atoms with van der Waals surface area (Å²) >= 11 is 0. The SMILES string of the molecule is Cc1ccc(N(Cc2ccc(C(=O)NO)cc2)C(=O)N2CCC[C@@H]2CO)cc1. The highest BCUT2D eigenvalue weighted by Gasteiger charge is 2.32. The lowest BCUT2D eigenvalue weighted by Gasteiger charge is -2.31. The molecule has 28 heavy (non-hydrogen) atoms. The van der Waals surface area contributed by atoms with E-state index < -0.39 is 5.91 Å². The molecule has 148 valence electrons. The molecule has 2 aromatic rings. The molecular formula is C21H25N3O4. The number of nitrogens with zero attached hydrogens (tertiary/aromatic N) is 2. The Balaban J connectivity index is 1.87. The van der Waals surface area contributed by atoms with Crippen LogP contribution in [0.2, 0.25) is 0 Å². The largest absolute Gasteiger partial charge is 0.394 e. The van der Waals surface area contributed by atoms with E-state index in [1.807, 2.05) is 31.2 Å². The first-order valence-electron chi connectivity index (χ1n) is 9.32. The molecule has 1 atom stereocenters. The molecule has 2 aromatic carbocycles. The highest BCUT2D eigenvalue weighted by molar-refractivity contribution is 5.94. The van der Waals surface area contributed by atoms with Gasteiger partial charge in [-0.3, -0.25) is 14.9 Å². The van der Waals surface area contributed by atoms with E-state index in [1.165, 1.54) is 0 Å². The number of aliphatic hydroxyl groups is 1. The fourth-order valence-corrected chi connectivity index (χ4v) is 3.44.